The first kappa shape index (κ1) is 29.0. The van der Waals surface area contributed by atoms with Crippen molar-refractivity contribution in [2.24, 2.45) is 11.8 Å². The molecule has 1 aliphatic carbocycles. The third-order valence-corrected chi connectivity index (χ3v) is 8.17. The standard InChI is InChI=1S/C33H32O11/c1-36-24-8-17(9-25(37-2)31(24)40-5)6-7-28(34)44-32-26(38-3)12-19(13-27(32)39-4)29-21-14-23-22(42-16-43-23)11-18(21)10-20-15-41-33(35)30(20)29/h6-9,11-14,20,29-30H,10,15-16H2,1-5H3/b7-6+/t20-,29+,30-/m0/s1. The van der Waals surface area contributed by atoms with Gasteiger partial charge in [0, 0.05) is 17.9 Å². The molecule has 11 heteroatoms. The van der Waals surface area contributed by atoms with Crippen LogP contribution >= 0.6 is 0 Å². The lowest BCUT2D eigenvalue weighted by Gasteiger charge is -2.34. The average molecular weight is 605 g/mol. The second-order valence-electron chi connectivity index (χ2n) is 10.5. The molecule has 3 atom stereocenters. The maximum absolute atomic E-state index is 13.0. The predicted octanol–water partition coefficient (Wildman–Crippen LogP) is 4.55. The molecule has 0 saturated carbocycles. The monoisotopic (exact) mass is 604 g/mol. The van der Waals surface area contributed by atoms with Crippen LogP contribution < -0.4 is 37.9 Å². The summed E-state index contributed by atoms with van der Waals surface area (Å²) in [5.41, 5.74) is 3.38. The molecule has 6 rings (SSSR count). The van der Waals surface area contributed by atoms with E-state index < -0.39 is 11.9 Å². The highest BCUT2D eigenvalue weighted by atomic mass is 16.7. The molecule has 11 nitrogen and oxygen atoms in total. The number of cyclic esters (lactones) is 1. The van der Waals surface area contributed by atoms with Gasteiger partial charge in [-0.3, -0.25) is 4.79 Å². The first-order chi connectivity index (χ1) is 21.4. The smallest absolute Gasteiger partial charge is 0.336 e. The summed E-state index contributed by atoms with van der Waals surface area (Å²) < 4.78 is 50.0. The third-order valence-electron chi connectivity index (χ3n) is 8.17. The van der Waals surface area contributed by atoms with Crippen molar-refractivity contribution in [2.45, 2.75) is 12.3 Å². The molecular formula is C33H32O11. The zero-order valence-electron chi connectivity index (χ0n) is 25.0. The Bertz CT molecular complexity index is 1590. The van der Waals surface area contributed by atoms with Crippen LogP contribution in [-0.4, -0.2) is 60.9 Å². The van der Waals surface area contributed by atoms with E-state index in [4.69, 9.17) is 42.6 Å². The zero-order chi connectivity index (χ0) is 31.0. The van der Waals surface area contributed by atoms with E-state index in [9.17, 15) is 9.59 Å². The van der Waals surface area contributed by atoms with E-state index in [0.29, 0.717) is 47.3 Å². The van der Waals surface area contributed by atoms with Gasteiger partial charge in [0.2, 0.25) is 18.3 Å². The van der Waals surface area contributed by atoms with E-state index in [2.05, 4.69) is 0 Å². The van der Waals surface area contributed by atoms with Gasteiger partial charge in [0.1, 0.15) is 0 Å². The van der Waals surface area contributed by atoms with E-state index in [1.807, 2.05) is 12.1 Å². The van der Waals surface area contributed by atoms with Gasteiger partial charge in [-0.2, -0.15) is 0 Å². The quantitative estimate of drug-likeness (QED) is 0.194. The molecule has 2 heterocycles. The molecule has 0 N–H and O–H groups in total. The first-order valence-electron chi connectivity index (χ1n) is 13.9. The Morgan fingerprint density at radius 3 is 2.00 bits per heavy atom. The maximum Gasteiger partial charge on any atom is 0.336 e. The van der Waals surface area contributed by atoms with E-state index in [1.54, 1.807) is 30.3 Å². The number of hydrogen-bond donors (Lipinski definition) is 0. The fraction of sp³-hybridized carbons (Fsp3) is 0.333. The van der Waals surface area contributed by atoms with Crippen LogP contribution in [-0.2, 0) is 20.7 Å². The Balaban J connectivity index is 1.33. The summed E-state index contributed by atoms with van der Waals surface area (Å²) in [6.45, 7) is 0.490. The van der Waals surface area contributed by atoms with E-state index in [1.165, 1.54) is 41.6 Å². The number of methoxy groups -OCH3 is 5. The number of carbonyl (C=O) groups excluding carboxylic acids is 2. The molecule has 1 fully saturated rings. The van der Waals surface area contributed by atoms with Crippen molar-refractivity contribution in [1.29, 1.82) is 0 Å². The van der Waals surface area contributed by atoms with Gasteiger partial charge in [-0.15, -0.1) is 0 Å². The van der Waals surface area contributed by atoms with Crippen LogP contribution in [0.2, 0.25) is 0 Å². The number of esters is 2. The highest BCUT2D eigenvalue weighted by molar-refractivity contribution is 5.90. The second kappa shape index (κ2) is 11.9. The first-order valence-corrected chi connectivity index (χ1v) is 13.9. The van der Waals surface area contributed by atoms with Gasteiger partial charge in [0.25, 0.3) is 0 Å². The Morgan fingerprint density at radius 2 is 1.39 bits per heavy atom. The summed E-state index contributed by atoms with van der Waals surface area (Å²) >= 11 is 0. The molecule has 44 heavy (non-hydrogen) atoms. The lowest BCUT2D eigenvalue weighted by atomic mass is 9.67. The fourth-order valence-electron chi connectivity index (χ4n) is 6.18. The minimum Gasteiger partial charge on any atom is -0.493 e. The van der Waals surface area contributed by atoms with Gasteiger partial charge in [-0.1, -0.05) is 0 Å². The van der Waals surface area contributed by atoms with Crippen molar-refractivity contribution in [1.82, 2.24) is 0 Å². The molecule has 0 unspecified atom stereocenters. The molecule has 1 saturated heterocycles. The summed E-state index contributed by atoms with van der Waals surface area (Å²) in [4.78, 5) is 26.0. The Labute approximate surface area is 254 Å². The van der Waals surface area contributed by atoms with Crippen molar-refractivity contribution in [3.8, 4) is 46.0 Å². The molecule has 3 aromatic carbocycles. The predicted molar refractivity (Wildman–Crippen MR) is 156 cm³/mol. The minimum atomic E-state index is -0.668. The molecule has 3 aliphatic rings. The summed E-state index contributed by atoms with van der Waals surface area (Å²) in [5, 5.41) is 0. The average Bonchev–Trinajstić information content (AvgIpc) is 3.66. The molecule has 0 aromatic heterocycles. The second-order valence-corrected chi connectivity index (χ2v) is 10.5. The summed E-state index contributed by atoms with van der Waals surface area (Å²) in [5.74, 6) is 1.56. The highest BCUT2D eigenvalue weighted by Crippen LogP contribution is 2.52. The largest absolute Gasteiger partial charge is 0.493 e. The minimum absolute atomic E-state index is 0.00444. The van der Waals surface area contributed by atoms with Crippen LogP contribution in [0, 0.1) is 11.8 Å². The molecule has 0 spiro atoms. The van der Waals surface area contributed by atoms with E-state index in [0.717, 1.165) is 16.7 Å². The SMILES string of the molecule is COc1cc(/C=C/C(=O)Oc2c(OC)cc([C@@H]3c4cc5c(cc4C[C@H]4COC(=O)[C@@H]43)OCO5)cc2OC)cc(OC)c1OC. The van der Waals surface area contributed by atoms with Crippen LogP contribution in [0.25, 0.3) is 6.08 Å². The summed E-state index contributed by atoms with van der Waals surface area (Å²) in [6.07, 6.45) is 3.52. The molecule has 0 radical (unpaired) electrons. The van der Waals surface area contributed by atoms with Crippen LogP contribution in [0.1, 0.15) is 28.2 Å². The van der Waals surface area contributed by atoms with Gasteiger partial charge in [-0.25, -0.2) is 4.79 Å². The lowest BCUT2D eigenvalue weighted by molar-refractivity contribution is -0.141. The summed E-state index contributed by atoms with van der Waals surface area (Å²) in [7, 11) is 7.48. The normalized spacial score (nSPS) is 19.6. The van der Waals surface area contributed by atoms with Gasteiger partial charge in [-0.05, 0) is 71.1 Å². The van der Waals surface area contributed by atoms with Gasteiger partial charge >= 0.3 is 11.9 Å². The van der Waals surface area contributed by atoms with Crippen molar-refractivity contribution in [3.05, 3.63) is 64.7 Å². The van der Waals surface area contributed by atoms with Crippen LogP contribution in [0.5, 0.6) is 46.0 Å². The topological polar surface area (TPSA) is 117 Å². The number of benzene rings is 3. The van der Waals surface area contributed by atoms with Gasteiger partial charge in [0.05, 0.1) is 48.1 Å². The third kappa shape index (κ3) is 5.08. The molecular weight excluding hydrogens is 572 g/mol. The van der Waals surface area contributed by atoms with Gasteiger partial charge in [0.15, 0.2) is 34.5 Å². The van der Waals surface area contributed by atoms with E-state index in [-0.39, 0.29) is 41.8 Å². The number of hydrogen-bond acceptors (Lipinski definition) is 11. The number of rotatable bonds is 9. The van der Waals surface area contributed by atoms with Crippen LogP contribution in [0.4, 0.5) is 0 Å². The highest BCUT2D eigenvalue weighted by Gasteiger charge is 2.48. The maximum atomic E-state index is 13.0. The zero-order valence-corrected chi connectivity index (χ0v) is 25.0. The van der Waals surface area contributed by atoms with Crippen molar-refractivity contribution in [3.63, 3.8) is 0 Å². The fourth-order valence-corrected chi connectivity index (χ4v) is 6.18. The Hall–Kier alpha value is -5.06. The van der Waals surface area contributed by atoms with Crippen LogP contribution in [0.3, 0.4) is 0 Å². The van der Waals surface area contributed by atoms with E-state index >= 15 is 0 Å². The van der Waals surface area contributed by atoms with Crippen molar-refractivity contribution >= 4 is 18.0 Å². The molecule has 0 amide bonds. The van der Waals surface area contributed by atoms with Crippen LogP contribution in [0.15, 0.2) is 42.5 Å². The number of fused-ring (bicyclic) bond motifs is 3. The summed E-state index contributed by atoms with van der Waals surface area (Å²) in [6, 6.07) is 10.9. The number of ether oxygens (including phenoxy) is 9. The molecule has 3 aromatic rings. The Morgan fingerprint density at radius 1 is 0.773 bits per heavy atom. The van der Waals surface area contributed by atoms with Crippen molar-refractivity contribution < 1.29 is 52.2 Å². The number of carbonyl (C=O) groups is 2. The molecule has 230 valence electrons. The van der Waals surface area contributed by atoms with Crippen molar-refractivity contribution in [2.75, 3.05) is 48.9 Å². The lowest BCUT2D eigenvalue weighted by Crippen LogP contribution is -2.31. The molecule has 0 bridgehead atoms. The Kier molecular flexibility index (Phi) is 7.86. The molecule has 2 aliphatic heterocycles. The van der Waals surface area contributed by atoms with Gasteiger partial charge < -0.3 is 42.6 Å².